The van der Waals surface area contributed by atoms with Gasteiger partial charge < -0.3 is 20.9 Å². The van der Waals surface area contributed by atoms with Gasteiger partial charge in [-0.25, -0.2) is 13.8 Å². The lowest BCUT2D eigenvalue weighted by Gasteiger charge is -2.26. The van der Waals surface area contributed by atoms with E-state index in [0.717, 1.165) is 6.07 Å². The van der Waals surface area contributed by atoms with Crippen LogP contribution in [0.15, 0.2) is 48.7 Å². The summed E-state index contributed by atoms with van der Waals surface area (Å²) in [6, 6.07) is 9.63. The number of nitrogens with two attached hydrogens (primary N) is 1. The smallest absolute Gasteiger partial charge is 0.251 e. The lowest BCUT2D eigenvalue weighted by molar-refractivity contribution is -0.123. The van der Waals surface area contributed by atoms with E-state index in [1.165, 1.54) is 48.0 Å². The van der Waals surface area contributed by atoms with Crippen LogP contribution in [0, 0.1) is 11.6 Å². The first-order valence-electron chi connectivity index (χ1n) is 11.8. The summed E-state index contributed by atoms with van der Waals surface area (Å²) in [4.78, 5) is 29.8. The third kappa shape index (κ3) is 4.24. The Morgan fingerprint density at radius 2 is 1.95 bits per heavy atom. The number of pyridine rings is 1. The quantitative estimate of drug-likeness (QED) is 0.358. The second-order valence-electron chi connectivity index (χ2n) is 9.88. The Morgan fingerprint density at radius 3 is 2.63 bits per heavy atom. The molecule has 0 aliphatic carbocycles. The van der Waals surface area contributed by atoms with Crippen molar-refractivity contribution in [3.8, 4) is 17.0 Å². The Kier molecular flexibility index (Phi) is 5.90. The number of carbonyl (C=O) groups is 2. The monoisotopic (exact) mass is 521 g/mol. The number of rotatable bonds is 6. The van der Waals surface area contributed by atoms with E-state index < -0.39 is 34.5 Å². The van der Waals surface area contributed by atoms with Gasteiger partial charge in [0.05, 0.1) is 12.2 Å². The lowest BCUT2D eigenvalue weighted by Crippen LogP contribution is -2.41. The number of carbonyl (C=O) groups excluding carboxylic acids is 2. The number of nitrogens with one attached hydrogen (secondary N) is 1. The van der Waals surface area contributed by atoms with Crippen LogP contribution in [0.25, 0.3) is 22.2 Å². The van der Waals surface area contributed by atoms with Gasteiger partial charge in [-0.2, -0.15) is 5.10 Å². The van der Waals surface area contributed by atoms with Crippen molar-refractivity contribution in [1.29, 1.82) is 0 Å². The molecule has 5 rings (SSSR count). The number of ether oxygens (including phenoxy) is 1. The van der Waals surface area contributed by atoms with Gasteiger partial charge in [-0.1, -0.05) is 0 Å². The van der Waals surface area contributed by atoms with Crippen molar-refractivity contribution in [2.75, 3.05) is 13.2 Å². The minimum atomic E-state index is -1.72. The number of aromatic nitrogens is 3. The Labute approximate surface area is 216 Å². The van der Waals surface area contributed by atoms with Crippen LogP contribution in [0.2, 0.25) is 0 Å². The highest BCUT2D eigenvalue weighted by Crippen LogP contribution is 2.45. The lowest BCUT2D eigenvalue weighted by atomic mass is 9.82. The molecule has 0 radical (unpaired) electrons. The molecule has 196 valence electrons. The average Bonchev–Trinajstić information content (AvgIpc) is 3.43. The number of amides is 2. The van der Waals surface area contributed by atoms with E-state index in [9.17, 15) is 23.5 Å². The van der Waals surface area contributed by atoms with E-state index in [0.29, 0.717) is 22.3 Å². The van der Waals surface area contributed by atoms with Gasteiger partial charge in [-0.3, -0.25) is 14.3 Å². The van der Waals surface area contributed by atoms with Gasteiger partial charge in [-0.05, 0) is 56.3 Å². The first kappa shape index (κ1) is 25.3. The Morgan fingerprint density at radius 1 is 1.24 bits per heavy atom. The molecule has 3 heterocycles. The first-order valence-corrected chi connectivity index (χ1v) is 11.8. The van der Waals surface area contributed by atoms with Crippen molar-refractivity contribution in [1.82, 2.24) is 20.1 Å². The molecular formula is C27H25F2N5O4. The molecule has 38 heavy (non-hydrogen) atoms. The molecule has 0 spiro atoms. The molecule has 1 aliphatic rings. The molecule has 2 aromatic carbocycles. The molecule has 2 atom stereocenters. The molecule has 0 bridgehead atoms. The number of hydrogen-bond donors (Lipinski definition) is 3. The van der Waals surface area contributed by atoms with Crippen molar-refractivity contribution in [3.05, 3.63) is 77.1 Å². The molecular weight excluding hydrogens is 496 g/mol. The van der Waals surface area contributed by atoms with Crippen LogP contribution in [-0.2, 0) is 22.9 Å². The average molecular weight is 522 g/mol. The van der Waals surface area contributed by atoms with E-state index in [1.54, 1.807) is 20.2 Å². The van der Waals surface area contributed by atoms with Crippen LogP contribution in [0.4, 0.5) is 8.78 Å². The molecule has 4 N–H and O–H groups in total. The molecule has 0 saturated carbocycles. The molecule has 4 aromatic rings. The molecule has 9 nitrogen and oxygen atoms in total. The van der Waals surface area contributed by atoms with E-state index in [2.05, 4.69) is 15.4 Å². The summed E-state index contributed by atoms with van der Waals surface area (Å²) in [5.74, 6) is -2.02. The summed E-state index contributed by atoms with van der Waals surface area (Å²) in [5, 5.41) is 18.5. The van der Waals surface area contributed by atoms with Crippen LogP contribution in [-0.4, -0.2) is 44.8 Å². The normalized spacial score (nSPS) is 18.1. The number of halogens is 2. The highest BCUT2D eigenvalue weighted by molar-refractivity contribution is 5.98. The number of nitrogens with zero attached hydrogens (tertiary/aromatic N) is 3. The van der Waals surface area contributed by atoms with E-state index in [1.807, 2.05) is 0 Å². The summed E-state index contributed by atoms with van der Waals surface area (Å²) in [6.07, 6.45) is 1.59. The predicted molar refractivity (Wildman–Crippen MR) is 134 cm³/mol. The summed E-state index contributed by atoms with van der Waals surface area (Å²) in [7, 11) is 1.65. The predicted octanol–water partition coefficient (Wildman–Crippen LogP) is 2.69. The minimum absolute atomic E-state index is 0.0295. The molecule has 11 heteroatoms. The topological polar surface area (TPSA) is 132 Å². The Hall–Kier alpha value is -4.38. The number of fused-ring (bicyclic) bond motifs is 2. The molecule has 0 saturated heterocycles. The van der Waals surface area contributed by atoms with Gasteiger partial charge in [-0.15, -0.1) is 0 Å². The van der Waals surface area contributed by atoms with E-state index in [-0.39, 0.29) is 35.6 Å². The zero-order valence-electron chi connectivity index (χ0n) is 20.9. The van der Waals surface area contributed by atoms with Crippen LogP contribution < -0.4 is 15.8 Å². The van der Waals surface area contributed by atoms with Crippen LogP contribution in [0.5, 0.6) is 5.75 Å². The van der Waals surface area contributed by atoms with E-state index >= 15 is 0 Å². The number of aryl methyl sites for hydroxylation is 1. The van der Waals surface area contributed by atoms with Crippen LogP contribution >= 0.6 is 0 Å². The SMILES string of the molecule is Cn1cc2cc(C(=O)NC[C@](C)(O)c3cc4c(c(-c5ccc(F)cc5)n3)OC[C@]4(C)C(N)=O)cc(F)c2n1. The maximum absolute atomic E-state index is 14.5. The fourth-order valence-corrected chi connectivity index (χ4v) is 4.45. The van der Waals surface area contributed by atoms with E-state index in [4.69, 9.17) is 10.5 Å². The standard InChI is InChI=1S/C27H25F2N5O4/c1-26(25(30)36)13-38-23-18(26)10-20(32-22(23)14-4-6-17(28)7-5-14)27(2,37)12-31-24(35)15-8-16-11-34(3)33-21(16)19(29)9-15/h4-11,37H,12-13H2,1-3H3,(H2,30,36)(H,31,35)/t26-,27-/m0/s1. The third-order valence-electron chi connectivity index (χ3n) is 6.82. The van der Waals surface area contributed by atoms with Gasteiger partial charge in [0.15, 0.2) is 5.82 Å². The maximum atomic E-state index is 14.5. The van der Waals surface area contributed by atoms with Gasteiger partial charge in [0.2, 0.25) is 5.91 Å². The molecule has 1 aliphatic heterocycles. The van der Waals surface area contributed by atoms with Gasteiger partial charge in [0.25, 0.3) is 5.91 Å². The van der Waals surface area contributed by atoms with Crippen molar-refractivity contribution in [3.63, 3.8) is 0 Å². The molecule has 0 unspecified atom stereocenters. The van der Waals surface area contributed by atoms with Gasteiger partial charge in [0, 0.05) is 35.3 Å². The summed E-state index contributed by atoms with van der Waals surface area (Å²) >= 11 is 0. The maximum Gasteiger partial charge on any atom is 0.251 e. The van der Waals surface area contributed by atoms with Crippen molar-refractivity contribution < 1.29 is 28.2 Å². The van der Waals surface area contributed by atoms with Crippen molar-refractivity contribution in [2.45, 2.75) is 24.9 Å². The van der Waals surface area contributed by atoms with Crippen molar-refractivity contribution >= 4 is 22.7 Å². The molecule has 0 fully saturated rings. The molecule has 2 amide bonds. The number of hydrogen-bond acceptors (Lipinski definition) is 6. The number of primary amides is 1. The zero-order chi connectivity index (χ0) is 27.4. The zero-order valence-corrected chi connectivity index (χ0v) is 20.9. The van der Waals surface area contributed by atoms with Crippen LogP contribution in [0.1, 0.15) is 35.5 Å². The fourth-order valence-electron chi connectivity index (χ4n) is 4.45. The summed E-state index contributed by atoms with van der Waals surface area (Å²) in [5.41, 5.74) is 4.30. The summed E-state index contributed by atoms with van der Waals surface area (Å²) < 4.78 is 35.3. The fraction of sp³-hybridized carbons (Fsp3) is 0.259. The summed E-state index contributed by atoms with van der Waals surface area (Å²) in [6.45, 7) is 2.75. The third-order valence-corrected chi connectivity index (χ3v) is 6.82. The molecule has 2 aromatic heterocycles. The number of aliphatic hydroxyl groups is 1. The second kappa shape index (κ2) is 8.88. The Balaban J connectivity index is 1.49. The van der Waals surface area contributed by atoms with Gasteiger partial charge >= 0.3 is 0 Å². The second-order valence-corrected chi connectivity index (χ2v) is 9.88. The van der Waals surface area contributed by atoms with Crippen molar-refractivity contribution in [2.24, 2.45) is 12.8 Å². The first-order chi connectivity index (χ1) is 17.9. The highest BCUT2D eigenvalue weighted by Gasteiger charge is 2.45. The highest BCUT2D eigenvalue weighted by atomic mass is 19.1. The van der Waals surface area contributed by atoms with Gasteiger partial charge in [0.1, 0.15) is 40.4 Å². The largest absolute Gasteiger partial charge is 0.489 e. The number of benzene rings is 2. The van der Waals surface area contributed by atoms with Crippen LogP contribution in [0.3, 0.4) is 0 Å². The Bertz CT molecular complexity index is 1600. The minimum Gasteiger partial charge on any atom is -0.489 e.